The van der Waals surface area contributed by atoms with E-state index in [1.54, 1.807) is 7.11 Å². The van der Waals surface area contributed by atoms with Crippen molar-refractivity contribution in [2.24, 2.45) is 0 Å². The van der Waals surface area contributed by atoms with Crippen LogP contribution in [0, 0.1) is 11.8 Å². The third kappa shape index (κ3) is 4.05. The first kappa shape index (κ1) is 12.1. The molecule has 0 aliphatic rings. The summed E-state index contributed by atoms with van der Waals surface area (Å²) in [7, 11) is 3.00. The highest BCUT2D eigenvalue weighted by Gasteiger charge is 1.95. The smallest absolute Gasteiger partial charge is 0.306 e. The Kier molecular flexibility index (Phi) is 4.94. The molecule has 0 heterocycles. The van der Waals surface area contributed by atoms with E-state index in [1.165, 1.54) is 7.11 Å². The lowest BCUT2D eigenvalue weighted by atomic mass is 10.2. The number of esters is 1. The maximum Gasteiger partial charge on any atom is 0.306 e. The quantitative estimate of drug-likeness (QED) is 0.575. The molecule has 0 saturated carbocycles. The highest BCUT2D eigenvalue weighted by atomic mass is 16.5. The van der Waals surface area contributed by atoms with Crippen LogP contribution in [0.5, 0.6) is 5.75 Å². The van der Waals surface area contributed by atoms with Crippen molar-refractivity contribution < 1.29 is 14.3 Å². The summed E-state index contributed by atoms with van der Waals surface area (Å²) in [6, 6.07) is 7.46. The number of rotatable bonds is 3. The highest BCUT2D eigenvalue weighted by Crippen LogP contribution is 2.10. The average molecular weight is 218 g/mol. The van der Waals surface area contributed by atoms with Crippen molar-refractivity contribution in [1.82, 2.24) is 0 Å². The normalized spacial score (nSPS) is 8.88. The molecule has 0 aromatic heterocycles. The molecule has 0 bridgehead atoms. The molecule has 3 heteroatoms. The molecule has 1 rings (SSSR count). The molecular weight excluding hydrogens is 204 g/mol. The topological polar surface area (TPSA) is 35.5 Å². The van der Waals surface area contributed by atoms with Gasteiger partial charge in [-0.3, -0.25) is 4.79 Å². The third-order valence-corrected chi connectivity index (χ3v) is 2.00. The second kappa shape index (κ2) is 6.52. The number of benzene rings is 1. The fraction of sp³-hybridized carbons (Fsp3) is 0.308. The minimum Gasteiger partial charge on any atom is -0.497 e. The molecule has 0 radical (unpaired) electrons. The molecule has 0 saturated heterocycles. The Balaban J connectivity index is 2.47. The zero-order chi connectivity index (χ0) is 11.8. The van der Waals surface area contributed by atoms with Crippen molar-refractivity contribution in [3.05, 3.63) is 29.8 Å². The molecule has 16 heavy (non-hydrogen) atoms. The largest absolute Gasteiger partial charge is 0.497 e. The summed E-state index contributed by atoms with van der Waals surface area (Å²) in [4.78, 5) is 10.8. The van der Waals surface area contributed by atoms with Gasteiger partial charge in [-0.2, -0.15) is 0 Å². The summed E-state index contributed by atoms with van der Waals surface area (Å²) in [5.74, 6) is 6.45. The number of methoxy groups -OCH3 is 2. The van der Waals surface area contributed by atoms with Crippen molar-refractivity contribution in [3.63, 3.8) is 0 Å². The van der Waals surface area contributed by atoms with Gasteiger partial charge in [0.15, 0.2) is 0 Å². The molecule has 0 fully saturated rings. The van der Waals surface area contributed by atoms with Crippen LogP contribution in [0.4, 0.5) is 0 Å². The fourth-order valence-corrected chi connectivity index (χ4v) is 1.11. The zero-order valence-corrected chi connectivity index (χ0v) is 9.45. The maximum atomic E-state index is 10.8. The van der Waals surface area contributed by atoms with Crippen LogP contribution in [0.2, 0.25) is 0 Å². The lowest BCUT2D eigenvalue weighted by Gasteiger charge is -1.97. The van der Waals surface area contributed by atoms with E-state index in [9.17, 15) is 4.79 Å². The van der Waals surface area contributed by atoms with E-state index in [0.717, 1.165) is 11.3 Å². The van der Waals surface area contributed by atoms with Crippen LogP contribution in [0.15, 0.2) is 24.3 Å². The van der Waals surface area contributed by atoms with Gasteiger partial charge in [0.2, 0.25) is 0 Å². The molecular formula is C13H14O3. The fourth-order valence-electron chi connectivity index (χ4n) is 1.11. The van der Waals surface area contributed by atoms with Crippen LogP contribution in [0.3, 0.4) is 0 Å². The second-order valence-corrected chi connectivity index (χ2v) is 3.11. The van der Waals surface area contributed by atoms with Crippen molar-refractivity contribution in [3.8, 4) is 17.6 Å². The maximum absolute atomic E-state index is 10.8. The van der Waals surface area contributed by atoms with Gasteiger partial charge < -0.3 is 9.47 Å². The minimum atomic E-state index is -0.232. The number of carbonyl (C=O) groups is 1. The van der Waals surface area contributed by atoms with Crippen molar-refractivity contribution in [1.29, 1.82) is 0 Å². The molecule has 0 aliphatic heterocycles. The summed E-state index contributed by atoms with van der Waals surface area (Å²) in [5.41, 5.74) is 0.908. The van der Waals surface area contributed by atoms with Gasteiger partial charge in [-0.05, 0) is 24.3 Å². The molecule has 1 aromatic carbocycles. The summed E-state index contributed by atoms with van der Waals surface area (Å²) in [6.45, 7) is 0. The molecule has 0 atom stereocenters. The van der Waals surface area contributed by atoms with Gasteiger partial charge in [0.05, 0.1) is 20.6 Å². The third-order valence-electron chi connectivity index (χ3n) is 2.00. The molecule has 0 spiro atoms. The lowest BCUT2D eigenvalue weighted by Crippen LogP contribution is -1.98. The van der Waals surface area contributed by atoms with Gasteiger partial charge in [0, 0.05) is 12.0 Å². The van der Waals surface area contributed by atoms with E-state index < -0.39 is 0 Å². The predicted molar refractivity (Wildman–Crippen MR) is 61.1 cm³/mol. The van der Waals surface area contributed by atoms with Gasteiger partial charge >= 0.3 is 5.97 Å². The molecule has 3 nitrogen and oxygen atoms in total. The van der Waals surface area contributed by atoms with Crippen molar-refractivity contribution >= 4 is 5.97 Å². The van der Waals surface area contributed by atoms with E-state index in [1.807, 2.05) is 24.3 Å². The van der Waals surface area contributed by atoms with E-state index in [4.69, 9.17) is 4.74 Å². The standard InChI is InChI=1S/C13H14O3/c1-15-12-9-7-11(8-10-12)5-3-4-6-13(14)16-2/h7-10H,4,6H2,1-2H3. The van der Waals surface area contributed by atoms with E-state index in [-0.39, 0.29) is 5.97 Å². The molecule has 0 aliphatic carbocycles. The van der Waals surface area contributed by atoms with Crippen LogP contribution >= 0.6 is 0 Å². The summed E-state index contributed by atoms with van der Waals surface area (Å²) in [5, 5.41) is 0. The molecule has 0 N–H and O–H groups in total. The zero-order valence-electron chi connectivity index (χ0n) is 9.45. The van der Waals surface area contributed by atoms with Gasteiger partial charge in [-0.15, -0.1) is 0 Å². The molecule has 0 unspecified atom stereocenters. The van der Waals surface area contributed by atoms with Crippen LogP contribution in [-0.2, 0) is 9.53 Å². The number of hydrogen-bond donors (Lipinski definition) is 0. The van der Waals surface area contributed by atoms with E-state index in [2.05, 4.69) is 16.6 Å². The number of ether oxygens (including phenoxy) is 2. The van der Waals surface area contributed by atoms with Crippen LogP contribution < -0.4 is 4.74 Å². The second-order valence-electron chi connectivity index (χ2n) is 3.11. The first-order valence-electron chi connectivity index (χ1n) is 4.96. The Labute approximate surface area is 95.4 Å². The van der Waals surface area contributed by atoms with Gasteiger partial charge in [-0.25, -0.2) is 0 Å². The van der Waals surface area contributed by atoms with Gasteiger partial charge in [0.1, 0.15) is 5.75 Å². The van der Waals surface area contributed by atoms with E-state index >= 15 is 0 Å². The summed E-state index contributed by atoms with van der Waals surface area (Å²) < 4.78 is 9.54. The van der Waals surface area contributed by atoms with Crippen molar-refractivity contribution in [2.45, 2.75) is 12.8 Å². The van der Waals surface area contributed by atoms with Gasteiger partial charge in [0.25, 0.3) is 0 Å². The SMILES string of the molecule is COC(=O)CCC#Cc1ccc(OC)cc1. The average Bonchev–Trinajstić information content (AvgIpc) is 2.35. The molecule has 84 valence electrons. The monoisotopic (exact) mass is 218 g/mol. The molecule has 1 aromatic rings. The molecule has 0 amide bonds. The summed E-state index contributed by atoms with van der Waals surface area (Å²) >= 11 is 0. The summed E-state index contributed by atoms with van der Waals surface area (Å²) in [6.07, 6.45) is 0.846. The first-order chi connectivity index (χ1) is 7.76. The minimum absolute atomic E-state index is 0.232. The Morgan fingerprint density at radius 1 is 1.25 bits per heavy atom. The Bertz CT molecular complexity index is 395. The predicted octanol–water partition coefficient (Wildman–Crippen LogP) is 2.00. The highest BCUT2D eigenvalue weighted by molar-refractivity contribution is 5.69. The van der Waals surface area contributed by atoms with Crippen LogP contribution in [-0.4, -0.2) is 20.2 Å². The lowest BCUT2D eigenvalue weighted by molar-refractivity contribution is -0.140. The van der Waals surface area contributed by atoms with Crippen LogP contribution in [0.1, 0.15) is 18.4 Å². The number of carbonyl (C=O) groups excluding carboxylic acids is 1. The first-order valence-corrected chi connectivity index (χ1v) is 4.96. The Morgan fingerprint density at radius 3 is 2.50 bits per heavy atom. The van der Waals surface area contributed by atoms with Gasteiger partial charge in [-0.1, -0.05) is 11.8 Å². The van der Waals surface area contributed by atoms with E-state index in [0.29, 0.717) is 12.8 Å². The Hall–Kier alpha value is -1.95. The Morgan fingerprint density at radius 2 is 1.94 bits per heavy atom. The van der Waals surface area contributed by atoms with Crippen molar-refractivity contribution in [2.75, 3.05) is 14.2 Å². The van der Waals surface area contributed by atoms with Crippen LogP contribution in [0.25, 0.3) is 0 Å². The number of hydrogen-bond acceptors (Lipinski definition) is 3.